The molecule has 0 radical (unpaired) electrons. The van der Waals surface area contributed by atoms with Gasteiger partial charge in [0.1, 0.15) is 5.75 Å². The smallest absolute Gasteiger partial charge is 0.371 e. The van der Waals surface area contributed by atoms with Crippen LogP contribution in [0.1, 0.15) is 5.56 Å². The van der Waals surface area contributed by atoms with E-state index in [1.54, 1.807) is 18.2 Å². The standard InChI is InChI=1S/C8H7ClO3S/c1-2-7-3-5-8(6-4-7)12-13(9,10)11/h2-6H,1H2. The fourth-order valence-electron chi connectivity index (χ4n) is 0.774. The van der Waals surface area contributed by atoms with Crippen LogP contribution in [-0.4, -0.2) is 8.42 Å². The molecule has 13 heavy (non-hydrogen) atoms. The molecular formula is C8H7ClO3S. The average Bonchev–Trinajstić information content (AvgIpc) is 2.03. The number of hydrogen-bond donors (Lipinski definition) is 0. The SMILES string of the molecule is C=Cc1ccc(OS(=O)(=O)Cl)cc1. The molecular weight excluding hydrogens is 212 g/mol. The van der Waals surface area contributed by atoms with E-state index in [9.17, 15) is 8.42 Å². The first-order valence-electron chi connectivity index (χ1n) is 3.38. The fraction of sp³-hybridized carbons (Fsp3) is 0. The van der Waals surface area contributed by atoms with Crippen molar-refractivity contribution in [2.75, 3.05) is 0 Å². The summed E-state index contributed by atoms with van der Waals surface area (Å²) in [7, 11) is 0.921. The molecule has 3 nitrogen and oxygen atoms in total. The van der Waals surface area contributed by atoms with Gasteiger partial charge in [0.15, 0.2) is 0 Å². The molecule has 0 heterocycles. The van der Waals surface area contributed by atoms with Crippen molar-refractivity contribution in [3.05, 3.63) is 36.4 Å². The second-order valence-electron chi connectivity index (χ2n) is 2.25. The monoisotopic (exact) mass is 218 g/mol. The molecule has 0 N–H and O–H groups in total. The van der Waals surface area contributed by atoms with Gasteiger partial charge in [-0.25, -0.2) is 0 Å². The Bertz CT molecular complexity index is 394. The molecule has 0 spiro atoms. The van der Waals surface area contributed by atoms with E-state index < -0.39 is 9.33 Å². The number of rotatable bonds is 3. The van der Waals surface area contributed by atoms with E-state index in [4.69, 9.17) is 10.7 Å². The van der Waals surface area contributed by atoms with Gasteiger partial charge in [-0.1, -0.05) is 24.8 Å². The molecule has 1 aromatic rings. The summed E-state index contributed by atoms with van der Waals surface area (Å²) in [5.74, 6) is 0.181. The maximum absolute atomic E-state index is 10.5. The molecule has 1 aromatic carbocycles. The Balaban J connectivity index is 2.87. The number of hydrogen-bond acceptors (Lipinski definition) is 3. The zero-order valence-corrected chi connectivity index (χ0v) is 8.18. The van der Waals surface area contributed by atoms with Gasteiger partial charge in [-0.3, -0.25) is 0 Å². The summed E-state index contributed by atoms with van der Waals surface area (Å²) in [6.07, 6.45) is 1.64. The van der Waals surface area contributed by atoms with Crippen molar-refractivity contribution in [3.63, 3.8) is 0 Å². The van der Waals surface area contributed by atoms with Crippen molar-refractivity contribution in [2.45, 2.75) is 0 Å². The maximum Gasteiger partial charge on any atom is 0.401 e. The highest BCUT2D eigenvalue weighted by atomic mass is 35.7. The molecule has 0 aromatic heterocycles. The van der Waals surface area contributed by atoms with Gasteiger partial charge in [0.25, 0.3) is 0 Å². The number of benzene rings is 1. The third-order valence-corrected chi connectivity index (χ3v) is 1.89. The van der Waals surface area contributed by atoms with Crippen molar-refractivity contribution >= 4 is 26.1 Å². The van der Waals surface area contributed by atoms with Gasteiger partial charge in [-0.15, -0.1) is 0 Å². The minimum Gasteiger partial charge on any atom is -0.371 e. The number of halogens is 1. The summed E-state index contributed by atoms with van der Waals surface area (Å²) >= 11 is 0. The van der Waals surface area contributed by atoms with Crippen LogP contribution in [0.2, 0.25) is 0 Å². The molecule has 0 unspecified atom stereocenters. The Morgan fingerprint density at radius 3 is 2.23 bits per heavy atom. The molecule has 0 aliphatic carbocycles. The third kappa shape index (κ3) is 3.48. The first kappa shape index (κ1) is 10.1. The summed E-state index contributed by atoms with van der Waals surface area (Å²) in [5, 5.41) is 0. The summed E-state index contributed by atoms with van der Waals surface area (Å²) in [5.41, 5.74) is 0.874. The van der Waals surface area contributed by atoms with Crippen LogP contribution in [0.3, 0.4) is 0 Å². The molecule has 0 bridgehead atoms. The van der Waals surface area contributed by atoms with Gasteiger partial charge in [-0.2, -0.15) is 8.42 Å². The van der Waals surface area contributed by atoms with Crippen LogP contribution >= 0.6 is 10.7 Å². The lowest BCUT2D eigenvalue weighted by molar-refractivity contribution is 0.503. The lowest BCUT2D eigenvalue weighted by Gasteiger charge is -2.00. The van der Waals surface area contributed by atoms with Gasteiger partial charge >= 0.3 is 9.33 Å². The van der Waals surface area contributed by atoms with Crippen molar-refractivity contribution in [3.8, 4) is 5.75 Å². The van der Waals surface area contributed by atoms with E-state index in [1.807, 2.05) is 0 Å². The molecule has 0 atom stereocenters. The van der Waals surface area contributed by atoms with Gasteiger partial charge in [-0.05, 0) is 17.7 Å². The van der Waals surface area contributed by atoms with Crippen molar-refractivity contribution < 1.29 is 12.6 Å². The third-order valence-electron chi connectivity index (χ3n) is 1.31. The fourth-order valence-corrected chi connectivity index (χ4v) is 1.33. The second kappa shape index (κ2) is 3.81. The quantitative estimate of drug-likeness (QED) is 0.731. The topological polar surface area (TPSA) is 43.4 Å². The molecule has 1 rings (SSSR count). The molecule has 0 aliphatic rings. The lowest BCUT2D eigenvalue weighted by Crippen LogP contribution is -1.99. The van der Waals surface area contributed by atoms with E-state index >= 15 is 0 Å². The minimum absolute atomic E-state index is 0.181. The highest BCUT2D eigenvalue weighted by Crippen LogP contribution is 2.16. The van der Waals surface area contributed by atoms with Crippen LogP contribution in [0.4, 0.5) is 0 Å². The van der Waals surface area contributed by atoms with Crippen LogP contribution in [0.5, 0.6) is 5.75 Å². The predicted octanol–water partition coefficient (Wildman–Crippen LogP) is 2.19. The molecule has 0 saturated carbocycles. The minimum atomic E-state index is -3.95. The van der Waals surface area contributed by atoms with Crippen LogP contribution in [0, 0.1) is 0 Å². The van der Waals surface area contributed by atoms with E-state index in [0.29, 0.717) is 0 Å². The Morgan fingerprint density at radius 1 is 1.31 bits per heavy atom. The molecule has 0 aliphatic heterocycles. The molecule has 0 saturated heterocycles. The van der Waals surface area contributed by atoms with Gasteiger partial charge in [0.05, 0.1) is 10.7 Å². The summed E-state index contributed by atoms with van der Waals surface area (Å²) in [4.78, 5) is 0. The van der Waals surface area contributed by atoms with Crippen LogP contribution < -0.4 is 4.18 Å². The van der Waals surface area contributed by atoms with E-state index in [0.717, 1.165) is 5.56 Å². The van der Waals surface area contributed by atoms with Gasteiger partial charge in [0.2, 0.25) is 0 Å². The average molecular weight is 219 g/mol. The van der Waals surface area contributed by atoms with Gasteiger partial charge < -0.3 is 4.18 Å². The first-order chi connectivity index (χ1) is 6.01. The van der Waals surface area contributed by atoms with Gasteiger partial charge in [0, 0.05) is 0 Å². The predicted molar refractivity (Wildman–Crippen MR) is 51.9 cm³/mol. The Labute approximate surface area is 81.2 Å². The molecule has 5 heteroatoms. The van der Waals surface area contributed by atoms with Crippen molar-refractivity contribution in [1.29, 1.82) is 0 Å². The van der Waals surface area contributed by atoms with Crippen molar-refractivity contribution in [2.24, 2.45) is 0 Å². The molecule has 70 valence electrons. The zero-order chi connectivity index (χ0) is 9.90. The van der Waals surface area contributed by atoms with Crippen LogP contribution in [-0.2, 0) is 9.33 Å². The Kier molecular flexibility index (Phi) is 2.95. The normalized spacial score (nSPS) is 10.8. The van der Waals surface area contributed by atoms with E-state index in [2.05, 4.69) is 10.8 Å². The van der Waals surface area contributed by atoms with Crippen molar-refractivity contribution in [1.82, 2.24) is 0 Å². The Hall–Kier alpha value is -1.00. The van der Waals surface area contributed by atoms with E-state index in [1.165, 1.54) is 12.1 Å². The molecule has 0 amide bonds. The summed E-state index contributed by atoms with van der Waals surface area (Å²) in [6.45, 7) is 3.55. The van der Waals surface area contributed by atoms with E-state index in [-0.39, 0.29) is 5.75 Å². The molecule has 0 fully saturated rings. The highest BCUT2D eigenvalue weighted by molar-refractivity contribution is 8.10. The summed E-state index contributed by atoms with van der Waals surface area (Å²) < 4.78 is 25.4. The lowest BCUT2D eigenvalue weighted by atomic mass is 10.2. The highest BCUT2D eigenvalue weighted by Gasteiger charge is 2.05. The van der Waals surface area contributed by atoms with Crippen LogP contribution in [0.25, 0.3) is 6.08 Å². The maximum atomic E-state index is 10.5. The summed E-state index contributed by atoms with van der Waals surface area (Å²) in [6, 6.07) is 6.34. The van der Waals surface area contributed by atoms with Crippen LogP contribution in [0.15, 0.2) is 30.8 Å². The first-order valence-corrected chi connectivity index (χ1v) is 5.61. The zero-order valence-electron chi connectivity index (χ0n) is 6.60. The Morgan fingerprint density at radius 2 is 1.85 bits per heavy atom. The largest absolute Gasteiger partial charge is 0.401 e. The second-order valence-corrected chi connectivity index (χ2v) is 4.34.